The van der Waals surface area contributed by atoms with Crippen LogP contribution in [-0.2, 0) is 14.3 Å². The van der Waals surface area contributed by atoms with E-state index in [9.17, 15) is 14.4 Å². The molecule has 0 fully saturated rings. The normalized spacial score (nSPS) is 11.2. The molecule has 1 atom stereocenters. The van der Waals surface area contributed by atoms with E-state index in [0.29, 0.717) is 11.3 Å². The van der Waals surface area contributed by atoms with E-state index in [0.717, 1.165) is 11.1 Å². The smallest absolute Gasteiger partial charge is 0.326 e. The van der Waals surface area contributed by atoms with Crippen LogP contribution in [0.15, 0.2) is 84.9 Å². The summed E-state index contributed by atoms with van der Waals surface area (Å²) in [4.78, 5) is 36.3. The number of hydrogen-bond acceptors (Lipinski definition) is 4. The molecule has 0 saturated carbocycles. The zero-order valence-electron chi connectivity index (χ0n) is 16.5. The molecular weight excluding hydrogens is 380 g/mol. The summed E-state index contributed by atoms with van der Waals surface area (Å²) in [6, 6.07) is 25.8. The van der Waals surface area contributed by atoms with Crippen LogP contribution in [0.2, 0.25) is 0 Å². The van der Waals surface area contributed by atoms with Crippen LogP contribution in [0.25, 0.3) is 11.1 Å². The number of ether oxygens (including phenoxy) is 1. The average molecular weight is 402 g/mol. The molecule has 0 aliphatic heterocycles. The van der Waals surface area contributed by atoms with Crippen LogP contribution < -0.4 is 10.6 Å². The molecule has 3 rings (SSSR count). The van der Waals surface area contributed by atoms with Crippen molar-refractivity contribution in [3.63, 3.8) is 0 Å². The first-order valence-electron chi connectivity index (χ1n) is 9.52. The van der Waals surface area contributed by atoms with Crippen LogP contribution >= 0.6 is 0 Å². The molecule has 3 aromatic carbocycles. The fourth-order valence-corrected chi connectivity index (χ4v) is 2.76. The molecule has 0 heterocycles. The van der Waals surface area contributed by atoms with Crippen molar-refractivity contribution in [1.82, 2.24) is 5.32 Å². The lowest BCUT2D eigenvalue weighted by Gasteiger charge is -2.14. The average Bonchev–Trinajstić information content (AvgIpc) is 2.79. The van der Waals surface area contributed by atoms with Gasteiger partial charge in [-0.25, -0.2) is 0 Å². The Morgan fingerprint density at radius 2 is 1.37 bits per heavy atom. The largest absolute Gasteiger partial charge is 0.451 e. The first kappa shape index (κ1) is 20.8. The first-order valence-corrected chi connectivity index (χ1v) is 9.52. The van der Waals surface area contributed by atoms with Crippen LogP contribution in [0, 0.1) is 0 Å². The van der Waals surface area contributed by atoms with Crippen LogP contribution in [0.5, 0.6) is 0 Å². The first-order chi connectivity index (χ1) is 14.5. The lowest BCUT2D eigenvalue weighted by atomic mass is 10.0. The van der Waals surface area contributed by atoms with E-state index in [2.05, 4.69) is 10.6 Å². The Hall–Kier alpha value is -3.93. The molecule has 30 heavy (non-hydrogen) atoms. The highest BCUT2D eigenvalue weighted by molar-refractivity contribution is 5.97. The molecule has 0 radical (unpaired) electrons. The number of esters is 1. The van der Waals surface area contributed by atoms with Gasteiger partial charge in [0.25, 0.3) is 11.8 Å². The molecule has 0 spiro atoms. The molecule has 0 aliphatic rings. The molecule has 2 amide bonds. The maximum absolute atomic E-state index is 12.3. The van der Waals surface area contributed by atoms with E-state index in [4.69, 9.17) is 4.74 Å². The van der Waals surface area contributed by atoms with E-state index in [1.165, 1.54) is 6.92 Å². The summed E-state index contributed by atoms with van der Waals surface area (Å²) in [6.45, 7) is 1.14. The third-order valence-corrected chi connectivity index (χ3v) is 4.37. The van der Waals surface area contributed by atoms with Crippen molar-refractivity contribution >= 4 is 23.5 Å². The summed E-state index contributed by atoms with van der Waals surface area (Å²) in [6.07, 6.45) is -0.986. The highest BCUT2D eigenvalue weighted by Gasteiger charge is 2.18. The van der Waals surface area contributed by atoms with Crippen molar-refractivity contribution in [2.75, 3.05) is 11.9 Å². The van der Waals surface area contributed by atoms with Crippen molar-refractivity contribution in [1.29, 1.82) is 0 Å². The second-order valence-electron chi connectivity index (χ2n) is 6.61. The Balaban J connectivity index is 1.47. The van der Waals surface area contributed by atoms with Gasteiger partial charge >= 0.3 is 5.97 Å². The molecular formula is C24H22N2O4. The number of hydrogen-bond donors (Lipinski definition) is 2. The lowest BCUT2D eigenvalue weighted by molar-refractivity contribution is -0.152. The van der Waals surface area contributed by atoms with Gasteiger partial charge in [-0.1, -0.05) is 60.7 Å². The zero-order chi connectivity index (χ0) is 21.3. The number of carbonyl (C=O) groups excluding carboxylic acids is 3. The Bertz CT molecular complexity index is 1000. The molecule has 0 bridgehead atoms. The SMILES string of the molecule is C[C@@H](OC(=O)CNC(=O)c1ccc(-c2ccccc2)cc1)C(=O)Nc1ccccc1. The van der Waals surface area contributed by atoms with Gasteiger partial charge in [0.15, 0.2) is 6.10 Å². The van der Waals surface area contributed by atoms with Gasteiger partial charge in [0, 0.05) is 11.3 Å². The minimum absolute atomic E-state index is 0.331. The number of carbonyl (C=O) groups is 3. The Morgan fingerprint density at radius 1 is 0.800 bits per heavy atom. The molecule has 0 unspecified atom stereocenters. The third kappa shape index (κ3) is 5.78. The van der Waals surface area contributed by atoms with E-state index < -0.39 is 23.9 Å². The number of benzene rings is 3. The second-order valence-corrected chi connectivity index (χ2v) is 6.61. The van der Waals surface area contributed by atoms with E-state index in [-0.39, 0.29) is 6.54 Å². The van der Waals surface area contributed by atoms with E-state index in [1.54, 1.807) is 36.4 Å². The Morgan fingerprint density at radius 3 is 2.00 bits per heavy atom. The summed E-state index contributed by atoms with van der Waals surface area (Å²) >= 11 is 0. The lowest BCUT2D eigenvalue weighted by Crippen LogP contribution is -2.35. The van der Waals surface area contributed by atoms with Gasteiger partial charge in [0.2, 0.25) is 0 Å². The minimum Gasteiger partial charge on any atom is -0.451 e. The number of amides is 2. The molecule has 3 aromatic rings. The molecule has 6 nitrogen and oxygen atoms in total. The van der Waals surface area contributed by atoms with Crippen molar-refractivity contribution in [3.05, 3.63) is 90.5 Å². The van der Waals surface area contributed by atoms with Gasteiger partial charge in [-0.2, -0.15) is 0 Å². The van der Waals surface area contributed by atoms with Crippen molar-refractivity contribution in [3.8, 4) is 11.1 Å². The number of nitrogens with one attached hydrogen (secondary N) is 2. The van der Waals surface area contributed by atoms with Gasteiger partial charge in [-0.05, 0) is 42.3 Å². The molecule has 2 N–H and O–H groups in total. The van der Waals surface area contributed by atoms with Gasteiger partial charge < -0.3 is 15.4 Å². The summed E-state index contributed by atoms with van der Waals surface area (Å²) < 4.78 is 5.08. The van der Waals surface area contributed by atoms with Gasteiger partial charge in [-0.15, -0.1) is 0 Å². The monoisotopic (exact) mass is 402 g/mol. The summed E-state index contributed by atoms with van der Waals surface area (Å²) in [5.74, 6) is -1.54. The molecule has 0 saturated heterocycles. The number of para-hydroxylation sites is 1. The predicted molar refractivity (Wildman–Crippen MR) is 115 cm³/mol. The molecule has 6 heteroatoms. The summed E-state index contributed by atoms with van der Waals surface area (Å²) in [7, 11) is 0. The van der Waals surface area contributed by atoms with Gasteiger partial charge in [0.05, 0.1) is 0 Å². The topological polar surface area (TPSA) is 84.5 Å². The number of anilines is 1. The fourth-order valence-electron chi connectivity index (χ4n) is 2.76. The molecule has 152 valence electrons. The predicted octanol–water partition coefficient (Wildman–Crippen LogP) is 3.65. The summed E-state index contributed by atoms with van der Waals surface area (Å²) in [5, 5.41) is 5.16. The molecule has 0 aliphatic carbocycles. The highest BCUT2D eigenvalue weighted by Crippen LogP contribution is 2.19. The summed E-state index contributed by atoms with van der Waals surface area (Å²) in [5.41, 5.74) is 3.08. The van der Waals surface area contributed by atoms with Crippen LogP contribution in [0.3, 0.4) is 0 Å². The van der Waals surface area contributed by atoms with Crippen molar-refractivity contribution in [2.45, 2.75) is 13.0 Å². The highest BCUT2D eigenvalue weighted by atomic mass is 16.5. The van der Waals surface area contributed by atoms with E-state index >= 15 is 0 Å². The minimum atomic E-state index is -0.986. The number of rotatable bonds is 7. The zero-order valence-corrected chi connectivity index (χ0v) is 16.5. The van der Waals surface area contributed by atoms with Crippen molar-refractivity contribution in [2.24, 2.45) is 0 Å². The maximum atomic E-state index is 12.3. The second kappa shape index (κ2) is 10.0. The van der Waals surface area contributed by atoms with Crippen LogP contribution in [0.1, 0.15) is 17.3 Å². The van der Waals surface area contributed by atoms with Crippen molar-refractivity contribution < 1.29 is 19.1 Å². The fraction of sp³-hybridized carbons (Fsp3) is 0.125. The molecule has 0 aromatic heterocycles. The van der Waals surface area contributed by atoms with E-state index in [1.807, 2.05) is 48.5 Å². The Kier molecular flexibility index (Phi) is 6.95. The van der Waals surface area contributed by atoms with Gasteiger partial charge in [0.1, 0.15) is 6.54 Å². The van der Waals surface area contributed by atoms with Crippen LogP contribution in [0.4, 0.5) is 5.69 Å². The quantitative estimate of drug-likeness (QED) is 0.591. The third-order valence-electron chi connectivity index (χ3n) is 4.37. The van der Waals surface area contributed by atoms with Gasteiger partial charge in [-0.3, -0.25) is 14.4 Å². The maximum Gasteiger partial charge on any atom is 0.326 e. The van der Waals surface area contributed by atoms with Crippen LogP contribution in [-0.4, -0.2) is 30.4 Å². The Labute approximate surface area is 174 Å². The standard InChI is InChI=1S/C24H22N2O4/c1-17(23(28)26-21-10-6-3-7-11-21)30-22(27)16-25-24(29)20-14-12-19(13-15-20)18-8-4-2-5-9-18/h2-15,17H,16H2,1H3,(H,25,29)(H,26,28)/t17-/m1/s1.